The third kappa shape index (κ3) is 4.20. The van der Waals surface area contributed by atoms with Crippen LogP contribution in [-0.2, 0) is 9.59 Å². The molecule has 4 heterocycles. The fraction of sp³-hybridized carbons (Fsp3) is 0.263. The summed E-state index contributed by atoms with van der Waals surface area (Å²) in [5.41, 5.74) is 1.81. The highest BCUT2D eigenvalue weighted by molar-refractivity contribution is 7.99. The average molecular weight is 438 g/mol. The minimum atomic E-state index is -0.277. The monoisotopic (exact) mass is 438 g/mol. The molecule has 11 nitrogen and oxygen atoms in total. The number of carbonyl (C=O) groups is 2. The Bertz CT molecular complexity index is 1300. The number of hydrogen-bond acceptors (Lipinski definition) is 8. The van der Waals surface area contributed by atoms with Gasteiger partial charge < -0.3 is 15.7 Å². The molecule has 12 heteroatoms. The van der Waals surface area contributed by atoms with Crippen molar-refractivity contribution in [2.45, 2.75) is 29.4 Å². The van der Waals surface area contributed by atoms with Gasteiger partial charge in [0.2, 0.25) is 17.0 Å². The minimum Gasteiger partial charge on any atom is -0.396 e. The molecule has 158 valence electrons. The maximum atomic E-state index is 11.9. The van der Waals surface area contributed by atoms with E-state index in [-0.39, 0.29) is 30.8 Å². The lowest BCUT2D eigenvalue weighted by Crippen LogP contribution is -2.13. The predicted octanol–water partition coefficient (Wildman–Crippen LogP) is 1.59. The first-order chi connectivity index (χ1) is 15.1. The molecule has 0 bridgehead atoms. The van der Waals surface area contributed by atoms with Crippen molar-refractivity contribution < 1.29 is 14.7 Å². The van der Waals surface area contributed by atoms with Gasteiger partial charge >= 0.3 is 0 Å². The molecular weight excluding hydrogens is 420 g/mol. The molecule has 31 heavy (non-hydrogen) atoms. The molecule has 3 N–H and O–H groups in total. The van der Waals surface area contributed by atoms with Gasteiger partial charge in [0.15, 0.2) is 17.1 Å². The second-order valence-corrected chi connectivity index (χ2v) is 8.10. The number of anilines is 2. The van der Waals surface area contributed by atoms with E-state index in [9.17, 15) is 9.59 Å². The van der Waals surface area contributed by atoms with Gasteiger partial charge in [-0.15, -0.1) is 10.2 Å². The molecule has 0 saturated heterocycles. The van der Waals surface area contributed by atoms with Gasteiger partial charge in [0.1, 0.15) is 5.03 Å². The molecule has 0 atom stereocenters. The van der Waals surface area contributed by atoms with E-state index in [1.165, 1.54) is 11.8 Å². The Morgan fingerprint density at radius 3 is 2.74 bits per heavy atom. The van der Waals surface area contributed by atoms with E-state index in [1.54, 1.807) is 33.4 Å². The van der Waals surface area contributed by atoms with Crippen molar-refractivity contribution >= 4 is 46.4 Å². The molecule has 0 radical (unpaired) electrons. The molecule has 1 fully saturated rings. The Kier molecular flexibility index (Phi) is 5.00. The van der Waals surface area contributed by atoms with Crippen LogP contribution in [0.2, 0.25) is 0 Å². The minimum absolute atomic E-state index is 0.00480. The molecule has 1 aliphatic rings. The summed E-state index contributed by atoms with van der Waals surface area (Å²) in [6.07, 6.45) is 5.28. The number of hydrogen-bond donors (Lipinski definition) is 3. The molecule has 0 unspecified atom stereocenters. The fourth-order valence-electron chi connectivity index (χ4n) is 2.98. The molecule has 2 amide bonds. The van der Waals surface area contributed by atoms with E-state index >= 15 is 0 Å². The van der Waals surface area contributed by atoms with Crippen LogP contribution in [0.1, 0.15) is 19.3 Å². The second-order valence-electron chi connectivity index (χ2n) is 7.12. The van der Waals surface area contributed by atoms with Crippen molar-refractivity contribution in [3.05, 3.63) is 36.7 Å². The third-order valence-electron chi connectivity index (χ3n) is 4.68. The average Bonchev–Trinajstić information content (AvgIpc) is 3.42. The van der Waals surface area contributed by atoms with E-state index < -0.39 is 0 Å². The normalized spacial score (nSPS) is 13.6. The third-order valence-corrected chi connectivity index (χ3v) is 5.57. The zero-order valence-electron chi connectivity index (χ0n) is 16.2. The molecule has 0 aliphatic heterocycles. The van der Waals surface area contributed by atoms with Crippen molar-refractivity contribution in [1.29, 1.82) is 0 Å². The van der Waals surface area contributed by atoms with Crippen LogP contribution >= 0.6 is 11.8 Å². The Labute approximate surface area is 179 Å². The maximum Gasteiger partial charge on any atom is 0.228 e. The molecule has 1 aliphatic carbocycles. The highest BCUT2D eigenvalue weighted by Gasteiger charge is 2.30. The van der Waals surface area contributed by atoms with Crippen LogP contribution in [0.15, 0.2) is 46.8 Å². The van der Waals surface area contributed by atoms with Crippen LogP contribution in [-0.4, -0.2) is 52.7 Å². The van der Waals surface area contributed by atoms with Gasteiger partial charge in [-0.2, -0.15) is 5.10 Å². The standard InChI is InChI=1S/C19H18N8O3S/c28-8-7-16(29)20-12-3-4-15-23-24-19(26(15)9-12)31-17-6-5-14-21-13(10-27(14)25-17)22-18(30)11-1-2-11/h3-6,9-11,28H,1-2,7-8H2,(H,20,29)(H,22,30). The van der Waals surface area contributed by atoms with Gasteiger partial charge in [0, 0.05) is 12.1 Å². The van der Waals surface area contributed by atoms with Crippen LogP contribution in [0, 0.1) is 5.92 Å². The van der Waals surface area contributed by atoms with Crippen molar-refractivity contribution in [3.8, 4) is 0 Å². The summed E-state index contributed by atoms with van der Waals surface area (Å²) < 4.78 is 3.36. The Balaban J connectivity index is 1.36. The first-order valence-electron chi connectivity index (χ1n) is 9.70. The number of nitrogens with zero attached hydrogens (tertiary/aromatic N) is 6. The number of aliphatic hydroxyl groups excluding tert-OH is 1. The molecular formula is C19H18N8O3S. The zero-order chi connectivity index (χ0) is 21.4. The molecule has 0 aromatic carbocycles. The van der Waals surface area contributed by atoms with Crippen molar-refractivity contribution in [2.75, 3.05) is 17.2 Å². The fourth-order valence-corrected chi connectivity index (χ4v) is 3.76. The molecule has 5 rings (SSSR count). The Hall–Kier alpha value is -3.51. The summed E-state index contributed by atoms with van der Waals surface area (Å²) >= 11 is 1.30. The number of carbonyl (C=O) groups excluding carboxylic acids is 2. The Morgan fingerprint density at radius 1 is 1.10 bits per heavy atom. The van der Waals surface area contributed by atoms with Gasteiger partial charge in [0.05, 0.1) is 24.9 Å². The van der Waals surface area contributed by atoms with Crippen molar-refractivity contribution in [2.24, 2.45) is 5.92 Å². The van der Waals surface area contributed by atoms with Gasteiger partial charge in [0.25, 0.3) is 0 Å². The van der Waals surface area contributed by atoms with Crippen LogP contribution in [0.25, 0.3) is 11.3 Å². The lowest BCUT2D eigenvalue weighted by molar-refractivity contribution is -0.117. The van der Waals surface area contributed by atoms with Gasteiger partial charge in [-0.05, 0) is 48.9 Å². The molecule has 4 aromatic heterocycles. The second kappa shape index (κ2) is 7.96. The maximum absolute atomic E-state index is 11.9. The number of pyridine rings is 1. The highest BCUT2D eigenvalue weighted by Crippen LogP contribution is 2.30. The number of rotatable bonds is 7. The van der Waals surface area contributed by atoms with Gasteiger partial charge in [-0.1, -0.05) is 0 Å². The lowest BCUT2D eigenvalue weighted by Gasteiger charge is -2.05. The number of nitrogens with one attached hydrogen (secondary N) is 2. The summed E-state index contributed by atoms with van der Waals surface area (Å²) in [5, 5.41) is 28.5. The number of aromatic nitrogens is 6. The molecule has 4 aromatic rings. The SMILES string of the molecule is O=C(CCO)Nc1ccc2nnc(Sc3ccc4nc(NC(=O)C5CC5)cn4n3)n2c1. The van der Waals surface area contributed by atoms with Crippen molar-refractivity contribution in [3.63, 3.8) is 0 Å². The zero-order valence-corrected chi connectivity index (χ0v) is 17.0. The number of imidazole rings is 1. The lowest BCUT2D eigenvalue weighted by atomic mass is 10.3. The quantitative estimate of drug-likeness (QED) is 0.395. The van der Waals surface area contributed by atoms with Crippen LogP contribution in [0.5, 0.6) is 0 Å². The molecule has 1 saturated carbocycles. The summed E-state index contributed by atoms with van der Waals surface area (Å²) in [7, 11) is 0. The van der Waals surface area contributed by atoms with Crippen LogP contribution in [0.4, 0.5) is 11.5 Å². The topological polar surface area (TPSA) is 139 Å². The highest BCUT2D eigenvalue weighted by atomic mass is 32.2. The first kappa shape index (κ1) is 19.5. The van der Waals surface area contributed by atoms with Gasteiger partial charge in [-0.25, -0.2) is 9.50 Å². The van der Waals surface area contributed by atoms with E-state index in [2.05, 4.69) is 30.9 Å². The van der Waals surface area contributed by atoms with Gasteiger partial charge in [-0.3, -0.25) is 14.0 Å². The van der Waals surface area contributed by atoms with E-state index in [4.69, 9.17) is 5.11 Å². The van der Waals surface area contributed by atoms with Crippen molar-refractivity contribution in [1.82, 2.24) is 29.2 Å². The van der Waals surface area contributed by atoms with Crippen LogP contribution in [0.3, 0.4) is 0 Å². The number of fused-ring (bicyclic) bond motifs is 2. The first-order valence-corrected chi connectivity index (χ1v) is 10.5. The van der Waals surface area contributed by atoms with E-state index in [0.717, 1.165) is 12.8 Å². The Morgan fingerprint density at radius 2 is 1.94 bits per heavy atom. The van der Waals surface area contributed by atoms with Crippen LogP contribution < -0.4 is 10.6 Å². The summed E-state index contributed by atoms with van der Waals surface area (Å²) in [6, 6.07) is 7.09. The summed E-state index contributed by atoms with van der Waals surface area (Å²) in [6.45, 7) is -0.212. The number of amides is 2. The molecule has 0 spiro atoms. The summed E-state index contributed by atoms with van der Waals surface area (Å²) in [4.78, 5) is 28.1. The van der Waals surface area contributed by atoms with E-state index in [0.29, 0.717) is 33.0 Å². The summed E-state index contributed by atoms with van der Waals surface area (Å²) in [5.74, 6) is 0.293. The van der Waals surface area contributed by atoms with E-state index in [1.807, 2.05) is 12.1 Å². The predicted molar refractivity (Wildman–Crippen MR) is 112 cm³/mol. The largest absolute Gasteiger partial charge is 0.396 e. The smallest absolute Gasteiger partial charge is 0.228 e. The number of aliphatic hydroxyl groups is 1.